The van der Waals surface area contributed by atoms with Crippen LogP contribution in [-0.2, 0) is 0 Å². The van der Waals surface area contributed by atoms with Crippen molar-refractivity contribution >= 4 is 38.1 Å². The number of pyridine rings is 1. The second kappa shape index (κ2) is 4.56. The first-order valence-electron chi connectivity index (χ1n) is 6.37. The van der Waals surface area contributed by atoms with Crippen molar-refractivity contribution in [2.24, 2.45) is 0 Å². The molecular weight excluding hydrogens is 332 g/mol. The van der Waals surface area contributed by atoms with Crippen LogP contribution in [0.1, 0.15) is 16.2 Å². The van der Waals surface area contributed by atoms with Gasteiger partial charge in [0.05, 0.1) is 6.26 Å². The number of ketones is 1. The van der Waals surface area contributed by atoms with Crippen LogP contribution in [0, 0.1) is 0 Å². The summed E-state index contributed by atoms with van der Waals surface area (Å²) in [6.07, 6.45) is 5.16. The van der Waals surface area contributed by atoms with Gasteiger partial charge < -0.3 is 8.82 Å². The minimum atomic E-state index is -0.212. The average molecular weight is 341 g/mol. The lowest BCUT2D eigenvalue weighted by molar-refractivity contribution is 0.101. The molecule has 0 N–H and O–H groups in total. The van der Waals surface area contributed by atoms with E-state index < -0.39 is 0 Å². The number of benzene rings is 1. The summed E-state index contributed by atoms with van der Waals surface area (Å²) in [5, 5.41) is 1.68. The van der Waals surface area contributed by atoms with Crippen LogP contribution in [0.5, 0.6) is 0 Å². The maximum Gasteiger partial charge on any atom is 0.248 e. The number of halogens is 1. The molecule has 0 saturated carbocycles. The first-order chi connectivity index (χ1) is 10.2. The number of nitrogens with zero attached hydrogens (tertiary/aromatic N) is 2. The minimum Gasteiger partial charge on any atom is -0.459 e. The third kappa shape index (κ3) is 1.97. The molecule has 0 saturated heterocycles. The predicted molar refractivity (Wildman–Crippen MR) is 82.5 cm³/mol. The van der Waals surface area contributed by atoms with Gasteiger partial charge in [-0.3, -0.25) is 4.79 Å². The van der Waals surface area contributed by atoms with Crippen LogP contribution in [0.4, 0.5) is 0 Å². The minimum absolute atomic E-state index is 0.212. The van der Waals surface area contributed by atoms with E-state index in [1.807, 2.05) is 47.0 Å². The van der Waals surface area contributed by atoms with Gasteiger partial charge in [0.25, 0.3) is 0 Å². The molecule has 0 fully saturated rings. The van der Waals surface area contributed by atoms with Crippen LogP contribution >= 0.6 is 15.9 Å². The van der Waals surface area contributed by atoms with E-state index in [2.05, 4.69) is 20.9 Å². The highest BCUT2D eigenvalue weighted by molar-refractivity contribution is 9.10. The maximum atomic E-state index is 12.6. The highest BCUT2D eigenvalue weighted by Gasteiger charge is 2.19. The summed E-state index contributed by atoms with van der Waals surface area (Å²) in [5.41, 5.74) is 1.11. The highest BCUT2D eigenvalue weighted by atomic mass is 79.9. The Morgan fingerprint density at radius 3 is 3.00 bits per heavy atom. The van der Waals surface area contributed by atoms with Gasteiger partial charge in [-0.1, -0.05) is 22.0 Å². The lowest BCUT2D eigenvalue weighted by Gasteiger charge is -1.94. The molecule has 102 valence electrons. The zero-order valence-corrected chi connectivity index (χ0v) is 12.4. The average Bonchev–Trinajstić information content (AvgIpc) is 3.09. The molecule has 0 spiro atoms. The van der Waals surface area contributed by atoms with Crippen molar-refractivity contribution in [3.63, 3.8) is 0 Å². The number of fused-ring (bicyclic) bond motifs is 2. The lowest BCUT2D eigenvalue weighted by Crippen LogP contribution is -2.00. The largest absolute Gasteiger partial charge is 0.459 e. The van der Waals surface area contributed by atoms with Crippen molar-refractivity contribution in [3.05, 3.63) is 71.0 Å². The van der Waals surface area contributed by atoms with Crippen LogP contribution in [0.15, 0.2) is 63.9 Å². The van der Waals surface area contributed by atoms with E-state index >= 15 is 0 Å². The molecule has 0 radical (unpaired) electrons. The molecule has 0 unspecified atom stereocenters. The summed E-state index contributed by atoms with van der Waals surface area (Å²) < 4.78 is 8.22. The number of aromatic nitrogens is 2. The molecule has 3 aromatic heterocycles. The molecule has 0 aliphatic heterocycles. The first-order valence-corrected chi connectivity index (χ1v) is 7.17. The molecule has 4 nitrogen and oxygen atoms in total. The third-order valence-electron chi connectivity index (χ3n) is 3.36. The normalized spacial score (nSPS) is 11.3. The van der Waals surface area contributed by atoms with Crippen LogP contribution in [0.25, 0.3) is 16.4 Å². The third-order valence-corrected chi connectivity index (χ3v) is 3.86. The summed E-state index contributed by atoms with van der Waals surface area (Å²) >= 11 is 3.40. The molecule has 0 bridgehead atoms. The van der Waals surface area contributed by atoms with E-state index in [1.165, 1.54) is 0 Å². The van der Waals surface area contributed by atoms with E-state index in [0.29, 0.717) is 11.5 Å². The fourth-order valence-electron chi connectivity index (χ4n) is 2.36. The predicted octanol–water partition coefficient (Wildman–Crippen LogP) is 4.07. The summed E-state index contributed by atoms with van der Waals surface area (Å²) in [5.74, 6) is 0.108. The van der Waals surface area contributed by atoms with Crippen LogP contribution in [0.3, 0.4) is 0 Å². The van der Waals surface area contributed by atoms with Crippen molar-refractivity contribution in [2.75, 3.05) is 0 Å². The fourth-order valence-corrected chi connectivity index (χ4v) is 2.74. The van der Waals surface area contributed by atoms with Crippen molar-refractivity contribution in [1.82, 2.24) is 9.38 Å². The molecule has 0 atom stereocenters. The number of imidazole rings is 1. The van der Waals surface area contributed by atoms with E-state index in [0.717, 1.165) is 20.9 Å². The molecule has 0 aliphatic rings. The Bertz CT molecular complexity index is 951. The Labute approximate surface area is 128 Å². The van der Waals surface area contributed by atoms with Gasteiger partial charge in [0.1, 0.15) is 11.3 Å². The van der Waals surface area contributed by atoms with Gasteiger partial charge in [-0.05, 0) is 30.3 Å². The van der Waals surface area contributed by atoms with Gasteiger partial charge in [-0.15, -0.1) is 0 Å². The number of carbonyl (C=O) groups is 1. The Kier molecular flexibility index (Phi) is 2.68. The Balaban J connectivity index is 1.85. The van der Waals surface area contributed by atoms with E-state index in [1.54, 1.807) is 12.5 Å². The molecule has 3 heterocycles. The van der Waals surface area contributed by atoms with E-state index in [9.17, 15) is 4.79 Å². The lowest BCUT2D eigenvalue weighted by atomic mass is 10.1. The summed E-state index contributed by atoms with van der Waals surface area (Å²) in [4.78, 5) is 16.9. The molecule has 4 aromatic rings. The Morgan fingerprint density at radius 2 is 2.14 bits per heavy atom. The molecule has 21 heavy (non-hydrogen) atoms. The molecule has 5 heteroatoms. The SMILES string of the molecule is O=C(c1cn2ccccc2n1)c1occ2cc(Br)ccc12. The Hall–Kier alpha value is -2.40. The number of hydrogen-bond donors (Lipinski definition) is 0. The van der Waals surface area contributed by atoms with Crippen molar-refractivity contribution < 1.29 is 9.21 Å². The van der Waals surface area contributed by atoms with Gasteiger partial charge in [0, 0.05) is 27.6 Å². The van der Waals surface area contributed by atoms with Crippen molar-refractivity contribution in [2.45, 2.75) is 0 Å². The topological polar surface area (TPSA) is 47.5 Å². The summed E-state index contributed by atoms with van der Waals surface area (Å²) in [7, 11) is 0. The number of hydrogen-bond acceptors (Lipinski definition) is 3. The zero-order valence-electron chi connectivity index (χ0n) is 10.8. The van der Waals surface area contributed by atoms with E-state index in [-0.39, 0.29) is 5.78 Å². The van der Waals surface area contributed by atoms with Crippen molar-refractivity contribution in [1.29, 1.82) is 0 Å². The quantitative estimate of drug-likeness (QED) is 0.516. The van der Waals surface area contributed by atoms with Crippen molar-refractivity contribution in [3.8, 4) is 0 Å². The fraction of sp³-hybridized carbons (Fsp3) is 0. The van der Waals surface area contributed by atoms with Crippen LogP contribution < -0.4 is 0 Å². The first kappa shape index (κ1) is 12.3. The summed E-state index contributed by atoms with van der Waals surface area (Å²) in [6.45, 7) is 0. The number of furan rings is 1. The zero-order chi connectivity index (χ0) is 14.4. The molecular formula is C16H9BrN2O2. The second-order valence-electron chi connectivity index (χ2n) is 4.72. The molecule has 4 rings (SSSR count). The molecule has 1 aromatic carbocycles. The van der Waals surface area contributed by atoms with Gasteiger partial charge in [0.2, 0.25) is 5.78 Å². The maximum absolute atomic E-state index is 12.6. The highest BCUT2D eigenvalue weighted by Crippen LogP contribution is 2.26. The standard InChI is InChI=1S/C16H9BrN2O2/c17-11-4-5-12-10(7-11)9-21-16(12)15(20)13-8-19-6-2-1-3-14(19)18-13/h1-9H. The second-order valence-corrected chi connectivity index (χ2v) is 5.63. The molecule has 0 aliphatic carbocycles. The van der Waals surface area contributed by atoms with Crippen LogP contribution in [-0.4, -0.2) is 15.2 Å². The van der Waals surface area contributed by atoms with Gasteiger partial charge in [-0.2, -0.15) is 0 Å². The summed E-state index contributed by atoms with van der Waals surface area (Å²) in [6, 6.07) is 11.3. The number of rotatable bonds is 2. The van der Waals surface area contributed by atoms with Gasteiger partial charge in [0.15, 0.2) is 5.76 Å². The Morgan fingerprint density at radius 1 is 1.24 bits per heavy atom. The molecule has 0 amide bonds. The van der Waals surface area contributed by atoms with Gasteiger partial charge in [-0.25, -0.2) is 4.98 Å². The van der Waals surface area contributed by atoms with Gasteiger partial charge >= 0.3 is 0 Å². The van der Waals surface area contributed by atoms with Crippen LogP contribution in [0.2, 0.25) is 0 Å². The van der Waals surface area contributed by atoms with E-state index in [4.69, 9.17) is 4.42 Å². The smallest absolute Gasteiger partial charge is 0.248 e. The number of carbonyl (C=O) groups excluding carboxylic acids is 1. The monoisotopic (exact) mass is 340 g/mol.